The molecule has 1 aliphatic rings. The molecular formula is C19H19F3N2O6S. The Morgan fingerprint density at radius 3 is 2.23 bits per heavy atom. The van der Waals surface area contributed by atoms with Gasteiger partial charge in [-0.05, 0) is 29.1 Å². The van der Waals surface area contributed by atoms with Crippen LogP contribution in [0.5, 0.6) is 17.2 Å². The number of hydrogen-bond donors (Lipinski definition) is 3. The third kappa shape index (κ3) is 3.88. The third-order valence-corrected chi connectivity index (χ3v) is 5.78. The van der Waals surface area contributed by atoms with Crippen LogP contribution in [-0.2, 0) is 0 Å². The summed E-state index contributed by atoms with van der Waals surface area (Å²) in [6, 6.07) is 2.59. The summed E-state index contributed by atoms with van der Waals surface area (Å²) in [5.41, 5.74) is -3.77. The van der Waals surface area contributed by atoms with Gasteiger partial charge >= 0.3 is 12.2 Å². The lowest BCUT2D eigenvalue weighted by molar-refractivity contribution is -0.287. The van der Waals surface area contributed by atoms with Crippen molar-refractivity contribution in [3.8, 4) is 17.2 Å². The molecule has 1 aliphatic heterocycles. The minimum Gasteiger partial charge on any atom is -0.493 e. The number of ketones is 1. The summed E-state index contributed by atoms with van der Waals surface area (Å²) in [5.74, 6) is -2.78. The van der Waals surface area contributed by atoms with Gasteiger partial charge in [0.15, 0.2) is 17.3 Å². The van der Waals surface area contributed by atoms with Gasteiger partial charge < -0.3 is 30.0 Å². The van der Waals surface area contributed by atoms with Crippen LogP contribution in [0.1, 0.15) is 21.3 Å². The second-order valence-corrected chi connectivity index (χ2v) is 7.57. The molecular weight excluding hydrogens is 441 g/mol. The number of carbonyl (C=O) groups is 2. The van der Waals surface area contributed by atoms with E-state index in [9.17, 15) is 27.9 Å². The number of alkyl halides is 3. The second kappa shape index (κ2) is 8.27. The van der Waals surface area contributed by atoms with Crippen LogP contribution in [0.3, 0.4) is 0 Å². The number of Topliss-reactive ketones (excluding diaryl/α,β-unsaturated/α-hetero) is 1. The Kier molecular flexibility index (Phi) is 6.05. The van der Waals surface area contributed by atoms with Gasteiger partial charge in [0, 0.05) is 0 Å². The molecule has 3 N–H and O–H groups in total. The van der Waals surface area contributed by atoms with Gasteiger partial charge in [-0.15, -0.1) is 11.3 Å². The summed E-state index contributed by atoms with van der Waals surface area (Å²) < 4.78 is 57.5. The molecule has 1 saturated heterocycles. The van der Waals surface area contributed by atoms with Crippen molar-refractivity contribution in [1.29, 1.82) is 0 Å². The van der Waals surface area contributed by atoms with Crippen LogP contribution >= 0.6 is 11.3 Å². The molecule has 168 valence electrons. The van der Waals surface area contributed by atoms with Gasteiger partial charge in [-0.3, -0.25) is 4.79 Å². The lowest BCUT2D eigenvalue weighted by Crippen LogP contribution is -2.72. The molecule has 12 heteroatoms. The number of ether oxygens (including phenoxy) is 3. The van der Waals surface area contributed by atoms with Crippen LogP contribution < -0.4 is 24.8 Å². The predicted molar refractivity (Wildman–Crippen MR) is 104 cm³/mol. The fourth-order valence-corrected chi connectivity index (χ4v) is 4.17. The number of methoxy groups -OCH3 is 3. The summed E-state index contributed by atoms with van der Waals surface area (Å²) in [7, 11) is 3.96. The van der Waals surface area contributed by atoms with E-state index in [1.807, 2.05) is 0 Å². The predicted octanol–water partition coefficient (Wildman–Crippen LogP) is 2.88. The molecule has 0 unspecified atom stereocenters. The fraction of sp³-hybridized carbons (Fsp3) is 0.368. The van der Waals surface area contributed by atoms with Crippen molar-refractivity contribution >= 4 is 23.2 Å². The molecule has 3 atom stereocenters. The lowest BCUT2D eigenvalue weighted by Gasteiger charge is -2.45. The first-order valence-electron chi connectivity index (χ1n) is 8.82. The molecule has 2 heterocycles. The molecule has 0 radical (unpaired) electrons. The van der Waals surface area contributed by atoms with Gasteiger partial charge in [0.2, 0.25) is 11.5 Å². The van der Waals surface area contributed by atoms with E-state index < -0.39 is 35.7 Å². The highest BCUT2D eigenvalue weighted by Crippen LogP contribution is 2.47. The van der Waals surface area contributed by atoms with Crippen molar-refractivity contribution in [3.05, 3.63) is 40.1 Å². The van der Waals surface area contributed by atoms with Gasteiger partial charge in [0.05, 0.1) is 32.2 Å². The van der Waals surface area contributed by atoms with Gasteiger partial charge in [-0.1, -0.05) is 6.07 Å². The molecule has 0 aliphatic carbocycles. The third-order valence-electron chi connectivity index (χ3n) is 4.90. The Morgan fingerprint density at radius 1 is 1.16 bits per heavy atom. The Balaban J connectivity index is 2.23. The van der Waals surface area contributed by atoms with Crippen molar-refractivity contribution in [2.75, 3.05) is 21.3 Å². The quantitative estimate of drug-likeness (QED) is 0.573. The number of hydrogen-bond acceptors (Lipinski definition) is 7. The van der Waals surface area contributed by atoms with Gasteiger partial charge in [0.25, 0.3) is 0 Å². The summed E-state index contributed by atoms with van der Waals surface area (Å²) in [6.45, 7) is 0. The topological polar surface area (TPSA) is 106 Å². The lowest BCUT2D eigenvalue weighted by atomic mass is 9.78. The molecule has 1 aromatic heterocycles. The van der Waals surface area contributed by atoms with E-state index in [0.717, 1.165) is 11.3 Å². The molecule has 1 aromatic carbocycles. The first-order chi connectivity index (χ1) is 14.6. The summed E-state index contributed by atoms with van der Waals surface area (Å²) >= 11 is 0.918. The minimum absolute atomic E-state index is 0.0111. The zero-order chi connectivity index (χ0) is 23.0. The molecule has 8 nitrogen and oxygen atoms in total. The van der Waals surface area contributed by atoms with Crippen molar-refractivity contribution in [2.24, 2.45) is 5.92 Å². The number of benzene rings is 1. The van der Waals surface area contributed by atoms with E-state index in [1.165, 1.54) is 56.3 Å². The summed E-state index contributed by atoms with van der Waals surface area (Å²) in [5, 5.41) is 15.9. The number of rotatable bonds is 6. The van der Waals surface area contributed by atoms with Crippen molar-refractivity contribution in [2.45, 2.75) is 17.9 Å². The SMILES string of the molecule is COc1cc([C@H]2NC(=O)N[C@](O)(C(F)(F)F)[C@@H]2C(=O)c2cccs2)cc(OC)c1OC. The molecule has 0 bridgehead atoms. The van der Waals surface area contributed by atoms with Crippen LogP contribution in [0, 0.1) is 5.92 Å². The largest absolute Gasteiger partial charge is 0.493 e. The number of nitrogens with one attached hydrogen (secondary N) is 2. The van der Waals surface area contributed by atoms with Crippen molar-refractivity contribution < 1.29 is 42.1 Å². The van der Waals surface area contributed by atoms with Crippen LogP contribution in [-0.4, -0.2) is 50.2 Å². The van der Waals surface area contributed by atoms with E-state index in [4.69, 9.17) is 14.2 Å². The second-order valence-electron chi connectivity index (χ2n) is 6.62. The van der Waals surface area contributed by atoms with E-state index >= 15 is 0 Å². The number of amides is 2. The number of urea groups is 1. The fourth-order valence-electron chi connectivity index (χ4n) is 3.47. The molecule has 1 fully saturated rings. The first kappa shape index (κ1) is 22.7. The van der Waals surface area contributed by atoms with Crippen LogP contribution in [0.25, 0.3) is 0 Å². The standard InChI is InChI=1S/C19H19F3N2O6S/c1-28-10-7-9(8-11(29-2)16(10)30-3)14-13(15(25)12-5-4-6-31-12)18(27,19(20,21)22)24-17(26)23-14/h4-8,13-14,27H,1-3H3,(H2,23,24,26)/t13-,14+,18+/m0/s1. The number of carbonyl (C=O) groups excluding carboxylic acids is 2. The van der Waals surface area contributed by atoms with Gasteiger partial charge in [-0.25, -0.2) is 4.79 Å². The van der Waals surface area contributed by atoms with E-state index in [2.05, 4.69) is 5.32 Å². The molecule has 31 heavy (non-hydrogen) atoms. The minimum atomic E-state index is -5.35. The highest BCUT2D eigenvalue weighted by atomic mass is 32.1. The number of halogens is 3. The molecule has 0 saturated carbocycles. The van der Waals surface area contributed by atoms with Crippen molar-refractivity contribution in [3.63, 3.8) is 0 Å². The van der Waals surface area contributed by atoms with Crippen LogP contribution in [0.15, 0.2) is 29.6 Å². The molecule has 2 amide bonds. The molecule has 2 aromatic rings. The summed E-state index contributed by atoms with van der Waals surface area (Å²) in [6.07, 6.45) is -5.35. The van der Waals surface area contributed by atoms with E-state index in [0.29, 0.717) is 0 Å². The van der Waals surface area contributed by atoms with E-state index in [-0.39, 0.29) is 27.7 Å². The Labute approximate surface area is 178 Å². The smallest absolute Gasteiger partial charge is 0.437 e. The maximum absolute atomic E-state index is 13.9. The maximum Gasteiger partial charge on any atom is 0.437 e. The maximum atomic E-state index is 13.9. The zero-order valence-electron chi connectivity index (χ0n) is 16.6. The van der Waals surface area contributed by atoms with Crippen LogP contribution in [0.4, 0.5) is 18.0 Å². The Hall–Kier alpha value is -2.99. The van der Waals surface area contributed by atoms with Gasteiger partial charge in [-0.2, -0.15) is 13.2 Å². The first-order valence-corrected chi connectivity index (χ1v) is 9.70. The highest BCUT2D eigenvalue weighted by molar-refractivity contribution is 7.12. The zero-order valence-corrected chi connectivity index (χ0v) is 17.4. The normalized spacial score (nSPS) is 23.5. The monoisotopic (exact) mass is 460 g/mol. The molecule has 3 rings (SSSR count). The average molecular weight is 460 g/mol. The average Bonchev–Trinajstić information content (AvgIpc) is 3.25. The highest BCUT2D eigenvalue weighted by Gasteiger charge is 2.66. The van der Waals surface area contributed by atoms with Gasteiger partial charge in [0.1, 0.15) is 5.92 Å². The van der Waals surface area contributed by atoms with E-state index in [1.54, 1.807) is 0 Å². The number of thiophene rings is 1. The van der Waals surface area contributed by atoms with Crippen molar-refractivity contribution in [1.82, 2.24) is 10.6 Å². The molecule has 0 spiro atoms. The van der Waals surface area contributed by atoms with Crippen LogP contribution in [0.2, 0.25) is 0 Å². The summed E-state index contributed by atoms with van der Waals surface area (Å²) in [4.78, 5) is 25.2. The Bertz CT molecular complexity index is 957. The number of aliphatic hydroxyl groups is 1. The Morgan fingerprint density at radius 2 is 1.77 bits per heavy atom.